The number of nitrogens with zero attached hydrogens (tertiary/aromatic N) is 2. The molecular formula is C23H20N2O3S. The number of Topliss-reactive ketones (excluding diaryl/α,β-unsaturated/α-hetero) is 1. The first-order valence-electron chi connectivity index (χ1n) is 9.25. The van der Waals surface area contributed by atoms with Gasteiger partial charge in [0.2, 0.25) is 5.78 Å². The van der Waals surface area contributed by atoms with Crippen LogP contribution in [0, 0.1) is 13.8 Å². The van der Waals surface area contributed by atoms with E-state index < -0.39 is 17.7 Å². The minimum atomic E-state index is -0.667. The molecule has 0 fully saturated rings. The molecule has 1 aromatic carbocycles. The van der Waals surface area contributed by atoms with Crippen molar-refractivity contribution in [3.63, 3.8) is 0 Å². The molecule has 1 aliphatic heterocycles. The molecule has 3 aromatic rings. The van der Waals surface area contributed by atoms with Crippen molar-refractivity contribution in [1.82, 2.24) is 9.88 Å². The highest BCUT2D eigenvalue weighted by Crippen LogP contribution is 2.40. The summed E-state index contributed by atoms with van der Waals surface area (Å²) >= 11 is 1.29. The third-order valence-corrected chi connectivity index (χ3v) is 6.03. The molecule has 0 saturated carbocycles. The number of thiophene rings is 1. The van der Waals surface area contributed by atoms with Crippen LogP contribution in [0.25, 0.3) is 0 Å². The van der Waals surface area contributed by atoms with Gasteiger partial charge >= 0.3 is 0 Å². The molecule has 1 aliphatic rings. The Morgan fingerprint density at radius 1 is 1.17 bits per heavy atom. The second kappa shape index (κ2) is 7.64. The fourth-order valence-corrected chi connectivity index (χ4v) is 4.31. The van der Waals surface area contributed by atoms with Crippen molar-refractivity contribution in [2.75, 3.05) is 0 Å². The van der Waals surface area contributed by atoms with Crippen LogP contribution in [0.5, 0.6) is 0 Å². The Labute approximate surface area is 173 Å². The Kier molecular flexibility index (Phi) is 5.03. The molecule has 6 heteroatoms. The highest BCUT2D eigenvalue weighted by atomic mass is 32.1. The molecule has 2 aromatic heterocycles. The average Bonchev–Trinajstić information content (AvgIpc) is 3.34. The van der Waals surface area contributed by atoms with Crippen LogP contribution in [0.15, 0.2) is 71.6 Å². The average molecular weight is 404 g/mol. The highest BCUT2D eigenvalue weighted by Gasteiger charge is 2.44. The zero-order valence-corrected chi connectivity index (χ0v) is 16.9. The van der Waals surface area contributed by atoms with Crippen LogP contribution in [-0.4, -0.2) is 26.7 Å². The largest absolute Gasteiger partial charge is 0.503 e. The first kappa shape index (κ1) is 19.1. The number of pyridine rings is 1. The molecule has 29 heavy (non-hydrogen) atoms. The summed E-state index contributed by atoms with van der Waals surface area (Å²) < 4.78 is 0. The number of ketones is 1. The SMILES string of the molecule is Cc1ccc(C)c(CN2C(=O)C(O)=C(C(=O)c3cccs3)C2c2ccncc2)c1. The quantitative estimate of drug-likeness (QED) is 0.634. The molecule has 0 bridgehead atoms. The summed E-state index contributed by atoms with van der Waals surface area (Å²) in [6.07, 6.45) is 3.25. The number of hydrogen-bond donors (Lipinski definition) is 1. The van der Waals surface area contributed by atoms with E-state index in [-0.39, 0.29) is 11.4 Å². The van der Waals surface area contributed by atoms with Crippen LogP contribution in [0.3, 0.4) is 0 Å². The van der Waals surface area contributed by atoms with Crippen LogP contribution >= 0.6 is 11.3 Å². The lowest BCUT2D eigenvalue weighted by Gasteiger charge is -2.27. The van der Waals surface area contributed by atoms with Crippen LogP contribution < -0.4 is 0 Å². The third kappa shape index (κ3) is 3.47. The summed E-state index contributed by atoms with van der Waals surface area (Å²) in [4.78, 5) is 32.3. The molecule has 5 nitrogen and oxygen atoms in total. The van der Waals surface area contributed by atoms with Crippen LogP contribution in [-0.2, 0) is 11.3 Å². The van der Waals surface area contributed by atoms with Crippen molar-refractivity contribution in [1.29, 1.82) is 0 Å². The number of aromatic nitrogens is 1. The maximum atomic E-state index is 13.2. The van der Waals surface area contributed by atoms with Gasteiger partial charge in [0.25, 0.3) is 5.91 Å². The van der Waals surface area contributed by atoms with Gasteiger partial charge in [-0.15, -0.1) is 11.3 Å². The van der Waals surface area contributed by atoms with Crippen molar-refractivity contribution in [2.24, 2.45) is 0 Å². The summed E-state index contributed by atoms with van der Waals surface area (Å²) in [6.45, 7) is 4.28. The Morgan fingerprint density at radius 2 is 1.93 bits per heavy atom. The molecule has 1 amide bonds. The van der Waals surface area contributed by atoms with Gasteiger partial charge in [-0.1, -0.05) is 29.8 Å². The molecule has 3 heterocycles. The summed E-state index contributed by atoms with van der Waals surface area (Å²) in [5.41, 5.74) is 3.98. The molecular weight excluding hydrogens is 384 g/mol. The predicted octanol–water partition coefficient (Wildman–Crippen LogP) is 4.54. The van der Waals surface area contributed by atoms with Gasteiger partial charge in [-0.25, -0.2) is 0 Å². The highest BCUT2D eigenvalue weighted by molar-refractivity contribution is 7.12. The van der Waals surface area contributed by atoms with Crippen LogP contribution in [0.2, 0.25) is 0 Å². The van der Waals surface area contributed by atoms with E-state index >= 15 is 0 Å². The topological polar surface area (TPSA) is 70.5 Å². The van der Waals surface area contributed by atoms with E-state index in [4.69, 9.17) is 0 Å². The third-order valence-electron chi connectivity index (χ3n) is 5.16. The van der Waals surface area contributed by atoms with Crippen molar-refractivity contribution in [2.45, 2.75) is 26.4 Å². The van der Waals surface area contributed by atoms with Gasteiger partial charge in [0.05, 0.1) is 16.5 Å². The fraction of sp³-hybridized carbons (Fsp3) is 0.174. The fourth-order valence-electron chi connectivity index (χ4n) is 3.64. The lowest BCUT2D eigenvalue weighted by atomic mass is 9.95. The number of carbonyl (C=O) groups is 2. The molecule has 0 saturated heterocycles. The standard InChI is InChI=1S/C23H20N2O3S/c1-14-5-6-15(2)17(12-14)13-25-20(16-7-9-24-10-8-16)19(22(27)23(25)28)21(26)18-4-3-11-29-18/h3-12,20,27H,13H2,1-2H3. The van der Waals surface area contributed by atoms with E-state index in [1.54, 1.807) is 46.9 Å². The normalized spacial score (nSPS) is 16.6. The van der Waals surface area contributed by atoms with Gasteiger partial charge < -0.3 is 10.0 Å². The van der Waals surface area contributed by atoms with E-state index in [2.05, 4.69) is 4.98 Å². The Morgan fingerprint density at radius 3 is 2.62 bits per heavy atom. The van der Waals surface area contributed by atoms with Crippen LogP contribution in [0.4, 0.5) is 0 Å². The van der Waals surface area contributed by atoms with Crippen molar-refractivity contribution < 1.29 is 14.7 Å². The Bertz CT molecular complexity index is 1100. The van der Waals surface area contributed by atoms with E-state index in [0.717, 1.165) is 22.3 Å². The summed E-state index contributed by atoms with van der Waals surface area (Å²) in [5, 5.41) is 12.5. The maximum Gasteiger partial charge on any atom is 0.290 e. The molecule has 0 aliphatic carbocycles. The Hall–Kier alpha value is -3.25. The summed E-state index contributed by atoms with van der Waals surface area (Å²) in [5.74, 6) is -1.33. The minimum absolute atomic E-state index is 0.119. The minimum Gasteiger partial charge on any atom is -0.503 e. The van der Waals surface area contributed by atoms with E-state index in [1.165, 1.54) is 11.3 Å². The number of carbonyl (C=O) groups excluding carboxylic acids is 2. The molecule has 146 valence electrons. The summed E-state index contributed by atoms with van der Waals surface area (Å²) in [6, 6.07) is 12.4. The number of aryl methyl sites for hydroxylation is 2. The lowest BCUT2D eigenvalue weighted by molar-refractivity contribution is -0.130. The first-order valence-corrected chi connectivity index (χ1v) is 10.1. The number of amides is 1. The van der Waals surface area contributed by atoms with Crippen molar-refractivity contribution in [3.8, 4) is 0 Å². The van der Waals surface area contributed by atoms with Gasteiger partial charge in [-0.2, -0.15) is 0 Å². The molecule has 4 rings (SSSR count). The zero-order valence-electron chi connectivity index (χ0n) is 16.1. The van der Waals surface area contributed by atoms with Gasteiger partial charge in [0.1, 0.15) is 0 Å². The first-order chi connectivity index (χ1) is 14.0. The van der Waals surface area contributed by atoms with E-state index in [9.17, 15) is 14.7 Å². The summed E-state index contributed by atoms with van der Waals surface area (Å²) in [7, 11) is 0. The molecule has 1 atom stereocenters. The van der Waals surface area contributed by atoms with E-state index in [0.29, 0.717) is 11.4 Å². The van der Waals surface area contributed by atoms with Gasteiger partial charge in [0.15, 0.2) is 5.76 Å². The molecule has 0 spiro atoms. The number of benzene rings is 1. The van der Waals surface area contributed by atoms with Crippen molar-refractivity contribution >= 4 is 23.0 Å². The maximum absolute atomic E-state index is 13.2. The van der Waals surface area contributed by atoms with Gasteiger partial charge in [-0.05, 0) is 54.1 Å². The van der Waals surface area contributed by atoms with Gasteiger partial charge in [0, 0.05) is 18.9 Å². The lowest BCUT2D eigenvalue weighted by Crippen LogP contribution is -2.31. The molecule has 1 N–H and O–H groups in total. The van der Waals surface area contributed by atoms with Gasteiger partial charge in [-0.3, -0.25) is 14.6 Å². The van der Waals surface area contributed by atoms with Crippen molar-refractivity contribution in [3.05, 3.63) is 98.7 Å². The van der Waals surface area contributed by atoms with E-state index in [1.807, 2.05) is 32.0 Å². The number of hydrogen-bond acceptors (Lipinski definition) is 5. The number of rotatable bonds is 5. The smallest absolute Gasteiger partial charge is 0.290 e. The number of aliphatic hydroxyl groups is 1. The molecule has 0 radical (unpaired) electrons. The second-order valence-corrected chi connectivity index (χ2v) is 8.06. The molecule has 1 unspecified atom stereocenters. The predicted molar refractivity (Wildman–Crippen MR) is 112 cm³/mol. The monoisotopic (exact) mass is 404 g/mol. The number of aliphatic hydroxyl groups excluding tert-OH is 1. The van der Waals surface area contributed by atoms with Crippen LogP contribution in [0.1, 0.15) is 38.0 Å². The zero-order chi connectivity index (χ0) is 20.5. The Balaban J connectivity index is 1.80. The second-order valence-electron chi connectivity index (χ2n) is 7.11.